The molecule has 16 aromatic carbocycles. The third-order valence-electron chi connectivity index (χ3n) is 26.4. The van der Waals surface area contributed by atoms with Crippen LogP contribution in [0.15, 0.2) is 352 Å². The van der Waals surface area contributed by atoms with Gasteiger partial charge in [-0.1, -0.05) is 266 Å². The lowest BCUT2D eigenvalue weighted by Gasteiger charge is -2.35. The van der Waals surface area contributed by atoms with Gasteiger partial charge in [-0.05, 0) is 224 Å². The lowest BCUT2D eigenvalue weighted by molar-refractivity contribution is 0.630. The quantitative estimate of drug-likeness (QED) is 0.120. The number of aryl methyl sites for hydroxylation is 1. The molecule has 20 aromatic rings. The van der Waals surface area contributed by atoms with Crippen molar-refractivity contribution in [3.8, 4) is 56.1 Å². The van der Waals surface area contributed by atoms with E-state index in [1.165, 1.54) is 188 Å². The van der Waals surface area contributed by atoms with Crippen LogP contribution >= 0.6 is 0 Å². The van der Waals surface area contributed by atoms with Crippen molar-refractivity contribution in [3.63, 3.8) is 0 Å². The molecule has 1 atom stereocenters. The Hall–Kier alpha value is -13.5. The van der Waals surface area contributed by atoms with Crippen LogP contribution in [0, 0.1) is 0 Å². The normalized spacial score (nSPS) is 14.4. The van der Waals surface area contributed by atoms with Crippen molar-refractivity contribution in [3.05, 3.63) is 402 Å². The standard InChI is InChI=1S/C108H81N5/c1-106(2)89-30-14-18-36-100(89)111-97-58-48-72(61-85(97)82-28-21-33-92(106)103(82)111)70-46-53-78(54-47-70)110-95-35-17-13-27-81(95)84-62-73(49-57-96(84)110)75-64-88-86-63-74(50-59-98(86)113-102-38-20-16-32-91(102)108(5,6)94(65-75)105(88)113)80(71-23-9-7-10-24-71)56-41-67-39-42-68(43-40-67)69-44-51-77(52-45-69)109(76-25-11-8-12-26-76)79-55-60-99-87(66-79)83-29-22-34-93-104(83)112(99)101-37-19-15-31-90(101)107(93,3)4/h7-40,42-55,57-66,80H,41,56H2,1-6H3. The van der Waals surface area contributed by atoms with Gasteiger partial charge in [0.2, 0.25) is 0 Å². The van der Waals surface area contributed by atoms with Gasteiger partial charge in [-0.15, -0.1) is 0 Å². The first-order valence-corrected chi connectivity index (χ1v) is 40.1. The topological polar surface area (TPSA) is 23.0 Å². The molecular formula is C108H81N5. The van der Waals surface area contributed by atoms with Crippen molar-refractivity contribution in [1.29, 1.82) is 0 Å². The molecule has 538 valence electrons. The van der Waals surface area contributed by atoms with Crippen molar-refractivity contribution in [1.82, 2.24) is 18.3 Å². The first kappa shape index (κ1) is 65.4. The molecule has 0 spiro atoms. The number of nitrogens with zero attached hydrogens (tertiary/aromatic N) is 5. The highest BCUT2D eigenvalue weighted by Gasteiger charge is 2.39. The molecule has 3 aliphatic rings. The van der Waals surface area contributed by atoms with Gasteiger partial charge in [0, 0.05) is 88.0 Å². The van der Waals surface area contributed by atoms with E-state index in [0.29, 0.717) is 0 Å². The van der Waals surface area contributed by atoms with Gasteiger partial charge in [0.25, 0.3) is 0 Å². The van der Waals surface area contributed by atoms with E-state index in [1.54, 1.807) is 0 Å². The summed E-state index contributed by atoms with van der Waals surface area (Å²) in [6.07, 6.45) is 1.89. The van der Waals surface area contributed by atoms with E-state index in [9.17, 15) is 0 Å². The fourth-order valence-corrected chi connectivity index (χ4v) is 20.7. The van der Waals surface area contributed by atoms with Gasteiger partial charge < -0.3 is 23.2 Å². The molecule has 0 radical (unpaired) electrons. The average Bonchev–Trinajstić information content (AvgIpc) is 1.57. The number of rotatable bonds is 12. The summed E-state index contributed by atoms with van der Waals surface area (Å²) in [4.78, 5) is 2.40. The molecule has 1 unspecified atom stereocenters. The third-order valence-corrected chi connectivity index (χ3v) is 26.4. The zero-order valence-corrected chi connectivity index (χ0v) is 64.2. The predicted octanol–water partition coefficient (Wildman–Crippen LogP) is 28.2. The Bertz CT molecular complexity index is 7360. The first-order valence-electron chi connectivity index (χ1n) is 40.1. The van der Waals surface area contributed by atoms with Crippen LogP contribution in [0.1, 0.15) is 104 Å². The maximum Gasteiger partial charge on any atom is 0.0582 e. The molecule has 0 saturated carbocycles. The Labute approximate surface area is 657 Å². The Balaban J connectivity index is 0.564. The predicted molar refractivity (Wildman–Crippen MR) is 474 cm³/mol. The number of para-hydroxylation sites is 7. The molecule has 4 aromatic heterocycles. The van der Waals surface area contributed by atoms with E-state index >= 15 is 0 Å². The maximum absolute atomic E-state index is 2.57. The largest absolute Gasteiger partial charge is 0.310 e. The molecule has 5 nitrogen and oxygen atoms in total. The van der Waals surface area contributed by atoms with Gasteiger partial charge >= 0.3 is 0 Å². The van der Waals surface area contributed by atoms with Crippen LogP contribution in [-0.2, 0) is 22.7 Å². The molecule has 5 heteroatoms. The summed E-state index contributed by atoms with van der Waals surface area (Å²) < 4.78 is 10.0. The highest BCUT2D eigenvalue weighted by atomic mass is 15.1. The van der Waals surface area contributed by atoms with Gasteiger partial charge in [0.15, 0.2) is 0 Å². The van der Waals surface area contributed by atoms with Crippen molar-refractivity contribution in [2.45, 2.75) is 76.5 Å². The summed E-state index contributed by atoms with van der Waals surface area (Å²) in [5.74, 6) is 0.163. The summed E-state index contributed by atoms with van der Waals surface area (Å²) in [5.41, 5.74) is 37.2. The van der Waals surface area contributed by atoms with Crippen molar-refractivity contribution in [2.24, 2.45) is 0 Å². The number of fused-ring (bicyclic) bond motifs is 18. The zero-order valence-electron chi connectivity index (χ0n) is 64.2. The van der Waals surface area contributed by atoms with Crippen LogP contribution in [0.5, 0.6) is 0 Å². The molecule has 3 aliphatic heterocycles. The third kappa shape index (κ3) is 9.58. The van der Waals surface area contributed by atoms with E-state index in [1.807, 2.05) is 0 Å². The van der Waals surface area contributed by atoms with Crippen LogP contribution in [0.3, 0.4) is 0 Å². The first-order chi connectivity index (χ1) is 55.3. The summed E-state index contributed by atoms with van der Waals surface area (Å²) in [7, 11) is 0. The summed E-state index contributed by atoms with van der Waals surface area (Å²) in [5, 5.41) is 10.2. The molecule has 7 heterocycles. The molecule has 0 aliphatic carbocycles. The Kier molecular flexibility index (Phi) is 14.0. The fraction of sp³-hybridized carbons (Fsp3) is 0.111. The minimum Gasteiger partial charge on any atom is -0.310 e. The fourth-order valence-electron chi connectivity index (χ4n) is 20.7. The van der Waals surface area contributed by atoms with E-state index in [4.69, 9.17) is 0 Å². The molecule has 23 rings (SSSR count). The summed E-state index contributed by atoms with van der Waals surface area (Å²) >= 11 is 0. The van der Waals surface area contributed by atoms with Gasteiger partial charge in [-0.25, -0.2) is 0 Å². The van der Waals surface area contributed by atoms with Crippen molar-refractivity contribution < 1.29 is 0 Å². The Morgan fingerprint density at radius 1 is 0.248 bits per heavy atom. The Morgan fingerprint density at radius 2 is 0.646 bits per heavy atom. The second-order valence-corrected chi connectivity index (χ2v) is 33.5. The van der Waals surface area contributed by atoms with Crippen LogP contribution in [-0.4, -0.2) is 18.3 Å². The van der Waals surface area contributed by atoms with Gasteiger partial charge in [0.05, 0.1) is 61.2 Å². The minimum atomic E-state index is -0.270. The summed E-state index contributed by atoms with van der Waals surface area (Å²) in [6.45, 7) is 14.3. The zero-order chi connectivity index (χ0) is 75.3. The molecule has 0 amide bonds. The van der Waals surface area contributed by atoms with Crippen LogP contribution < -0.4 is 4.90 Å². The van der Waals surface area contributed by atoms with Crippen molar-refractivity contribution >= 4 is 104 Å². The summed E-state index contributed by atoms with van der Waals surface area (Å²) in [6, 6.07) is 133. The van der Waals surface area contributed by atoms with E-state index < -0.39 is 0 Å². The smallest absolute Gasteiger partial charge is 0.0582 e. The van der Waals surface area contributed by atoms with Crippen LogP contribution in [0.2, 0.25) is 0 Å². The van der Waals surface area contributed by atoms with Gasteiger partial charge in [0.1, 0.15) is 0 Å². The molecule has 0 saturated heterocycles. The van der Waals surface area contributed by atoms with E-state index in [2.05, 4.69) is 417 Å². The molecule has 0 bridgehead atoms. The SMILES string of the molecule is CC1(C)c2ccccc2-n2c3ccc(-c4ccc(-n5c6ccccc6c6cc(-c7cc8c9c(c7)c7cc(C(CCc%10ccc(-c%11ccc(N(c%12ccccc%12)c%12ccc%13c(c%12)c%12cccc%14c%12n%13-c%12ccccc%12C%14(C)C)cc%11)cc%10)c%10ccccc%10)ccc7n9-c7ccccc7C8(C)C)ccc65)cc4)cc3c3cccc1c32. The van der Waals surface area contributed by atoms with E-state index in [-0.39, 0.29) is 22.2 Å². The maximum atomic E-state index is 2.57. The highest BCUT2D eigenvalue weighted by molar-refractivity contribution is 6.17. The highest BCUT2D eigenvalue weighted by Crippen LogP contribution is 2.54. The Morgan fingerprint density at radius 3 is 1.26 bits per heavy atom. The number of hydrogen-bond acceptors (Lipinski definition) is 1. The average molecular weight is 1450 g/mol. The minimum absolute atomic E-state index is 0.106. The van der Waals surface area contributed by atoms with Gasteiger partial charge in [-0.3, -0.25) is 0 Å². The lowest BCUT2D eigenvalue weighted by atomic mass is 9.74. The molecular weight excluding hydrogens is 1370 g/mol. The van der Waals surface area contributed by atoms with E-state index in [0.717, 1.165) is 35.6 Å². The molecule has 113 heavy (non-hydrogen) atoms. The number of aromatic nitrogens is 4. The number of benzene rings is 16. The van der Waals surface area contributed by atoms with Crippen LogP contribution in [0.4, 0.5) is 17.1 Å². The number of anilines is 3. The monoisotopic (exact) mass is 1450 g/mol. The molecule has 0 fully saturated rings. The molecule has 0 N–H and O–H groups in total. The van der Waals surface area contributed by atoms with Crippen molar-refractivity contribution in [2.75, 3.05) is 4.90 Å². The number of hydrogen-bond donors (Lipinski definition) is 0. The van der Waals surface area contributed by atoms with Crippen LogP contribution in [0.25, 0.3) is 143 Å². The lowest BCUT2D eigenvalue weighted by Crippen LogP contribution is -2.26. The second-order valence-electron chi connectivity index (χ2n) is 33.5. The van der Waals surface area contributed by atoms with Gasteiger partial charge in [-0.2, -0.15) is 0 Å². The second kappa shape index (κ2) is 24.3.